The molecule has 0 saturated heterocycles. The lowest BCUT2D eigenvalue weighted by molar-refractivity contribution is 1.29. The van der Waals surface area contributed by atoms with Crippen LogP contribution in [0.4, 0.5) is 0 Å². The van der Waals surface area contributed by atoms with Crippen molar-refractivity contribution in [3.05, 3.63) is 53.6 Å². The Kier molecular flexibility index (Phi) is 3.24. The van der Waals surface area contributed by atoms with Crippen LogP contribution in [0.1, 0.15) is 11.1 Å². The summed E-state index contributed by atoms with van der Waals surface area (Å²) in [5.74, 6) is 0. The van der Waals surface area contributed by atoms with Crippen LogP contribution in [0.3, 0.4) is 0 Å². The molecule has 3 rings (SSSR count). The minimum atomic E-state index is 1.08. The van der Waals surface area contributed by atoms with Gasteiger partial charge in [-0.2, -0.15) is 11.1 Å². The van der Waals surface area contributed by atoms with Crippen LogP contribution in [0.5, 0.6) is 0 Å². The summed E-state index contributed by atoms with van der Waals surface area (Å²) in [5, 5.41) is 2.80. The lowest BCUT2D eigenvalue weighted by Crippen LogP contribution is -1.91. The zero-order valence-corrected chi connectivity index (χ0v) is 9.96. The summed E-state index contributed by atoms with van der Waals surface area (Å²) >= 11 is 4.44. The molecule has 15 heavy (non-hydrogen) atoms. The smallest absolute Gasteiger partial charge is 0.174 e. The Morgan fingerprint density at radius 1 is 1.00 bits per heavy atom. The number of rotatable bonds is 0. The van der Waals surface area contributed by atoms with Crippen LogP contribution in [-0.4, -0.2) is 9.55 Å². The van der Waals surface area contributed by atoms with Gasteiger partial charge in [-0.15, -0.1) is 0 Å². The van der Waals surface area contributed by atoms with Gasteiger partial charge in [0.15, 0.2) is 9.55 Å². The fourth-order valence-corrected chi connectivity index (χ4v) is 2.07. The quantitative estimate of drug-likeness (QED) is 0.477. The lowest BCUT2D eigenvalue weighted by Gasteiger charge is -2.11. The SMILES string of the molecule is C1=Cc2cccc3cccc(c23)C1.[Si]Cl. The second kappa shape index (κ2) is 4.64. The van der Waals surface area contributed by atoms with Crippen molar-refractivity contribution in [1.82, 2.24) is 0 Å². The Hall–Kier alpha value is -1.05. The van der Waals surface area contributed by atoms with Crippen LogP contribution in [0.2, 0.25) is 0 Å². The summed E-state index contributed by atoms with van der Waals surface area (Å²) in [6.45, 7) is 0. The minimum absolute atomic E-state index is 1.08. The van der Waals surface area contributed by atoms with E-state index < -0.39 is 0 Å². The summed E-state index contributed by atoms with van der Waals surface area (Å²) in [6, 6.07) is 13.0. The lowest BCUT2D eigenvalue weighted by atomic mass is 9.93. The van der Waals surface area contributed by atoms with Crippen molar-refractivity contribution in [3.8, 4) is 0 Å². The zero-order chi connectivity index (χ0) is 10.7. The molecule has 0 N–H and O–H groups in total. The molecule has 2 heteroatoms. The molecule has 73 valence electrons. The molecule has 0 amide bonds. The van der Waals surface area contributed by atoms with Crippen LogP contribution in [-0.2, 0) is 6.42 Å². The van der Waals surface area contributed by atoms with Crippen molar-refractivity contribution in [1.29, 1.82) is 0 Å². The van der Waals surface area contributed by atoms with E-state index in [0.717, 1.165) is 6.42 Å². The Labute approximate surface area is 97.7 Å². The van der Waals surface area contributed by atoms with Crippen molar-refractivity contribution in [2.45, 2.75) is 6.42 Å². The Balaban J connectivity index is 0.000000404. The molecule has 0 nitrogen and oxygen atoms in total. The first-order valence-electron chi connectivity index (χ1n) is 4.81. The van der Waals surface area contributed by atoms with Gasteiger partial charge in [0.2, 0.25) is 0 Å². The molecule has 1 aliphatic carbocycles. The highest BCUT2D eigenvalue weighted by Crippen LogP contribution is 2.27. The van der Waals surface area contributed by atoms with Gasteiger partial charge in [0.1, 0.15) is 0 Å². The third-order valence-corrected chi connectivity index (χ3v) is 2.66. The summed E-state index contributed by atoms with van der Waals surface area (Å²) in [7, 11) is 2.44. The molecular weight excluding hydrogens is 220 g/mol. The van der Waals surface area contributed by atoms with E-state index in [0.29, 0.717) is 0 Å². The number of hydrogen-bond donors (Lipinski definition) is 0. The van der Waals surface area contributed by atoms with E-state index in [1.807, 2.05) is 0 Å². The van der Waals surface area contributed by atoms with Crippen molar-refractivity contribution in [2.75, 3.05) is 0 Å². The van der Waals surface area contributed by atoms with E-state index in [1.54, 1.807) is 0 Å². The van der Waals surface area contributed by atoms with Crippen molar-refractivity contribution in [3.63, 3.8) is 0 Å². The van der Waals surface area contributed by atoms with Crippen molar-refractivity contribution in [2.24, 2.45) is 0 Å². The third kappa shape index (κ3) is 1.85. The molecule has 0 spiro atoms. The van der Waals surface area contributed by atoms with E-state index in [1.165, 1.54) is 21.9 Å². The van der Waals surface area contributed by atoms with Gasteiger partial charge in [-0.3, -0.25) is 0 Å². The highest BCUT2D eigenvalue weighted by molar-refractivity contribution is 6.80. The molecule has 0 unspecified atom stereocenters. The first-order chi connectivity index (χ1) is 7.45. The maximum Gasteiger partial charge on any atom is 0.174 e. The average molecular weight is 230 g/mol. The number of halogens is 1. The molecule has 0 bridgehead atoms. The molecule has 0 aliphatic heterocycles. The predicted octanol–water partition coefficient (Wildman–Crippen LogP) is 3.72. The molecule has 0 fully saturated rings. The zero-order valence-electron chi connectivity index (χ0n) is 8.20. The maximum absolute atomic E-state index is 4.44. The number of hydrogen-bond acceptors (Lipinski definition) is 0. The average Bonchev–Trinajstić information content (AvgIpc) is 2.33. The molecule has 0 atom stereocenters. The van der Waals surface area contributed by atoms with Gasteiger partial charge in [-0.1, -0.05) is 48.6 Å². The van der Waals surface area contributed by atoms with Gasteiger partial charge >= 0.3 is 0 Å². The topological polar surface area (TPSA) is 0 Å². The van der Waals surface area contributed by atoms with E-state index >= 15 is 0 Å². The Bertz CT molecular complexity index is 498. The highest BCUT2D eigenvalue weighted by atomic mass is 35.6. The molecule has 1 aliphatic rings. The molecular formula is C13H10ClSi. The highest BCUT2D eigenvalue weighted by Gasteiger charge is 2.06. The Morgan fingerprint density at radius 2 is 1.73 bits per heavy atom. The maximum atomic E-state index is 4.44. The van der Waals surface area contributed by atoms with Gasteiger partial charge in [0.25, 0.3) is 0 Å². The molecule has 0 aromatic heterocycles. The van der Waals surface area contributed by atoms with Gasteiger partial charge < -0.3 is 0 Å². The summed E-state index contributed by atoms with van der Waals surface area (Å²) in [5.41, 5.74) is 2.81. The monoisotopic (exact) mass is 229 g/mol. The third-order valence-electron chi connectivity index (χ3n) is 2.66. The van der Waals surface area contributed by atoms with Crippen molar-refractivity contribution < 1.29 is 0 Å². The van der Waals surface area contributed by atoms with E-state index in [9.17, 15) is 0 Å². The second-order valence-electron chi connectivity index (χ2n) is 3.47. The summed E-state index contributed by atoms with van der Waals surface area (Å²) < 4.78 is 0. The molecule has 0 saturated carbocycles. The molecule has 3 radical (unpaired) electrons. The van der Waals surface area contributed by atoms with Crippen LogP contribution in [0, 0.1) is 0 Å². The standard InChI is InChI=1S/C13H10.ClSi/c1-4-10-6-2-8-12-9-3-7-11(5-1)13(10)12;1-2/h1-8H,9H2;. The van der Waals surface area contributed by atoms with Crippen LogP contribution < -0.4 is 0 Å². The van der Waals surface area contributed by atoms with Gasteiger partial charge in [-0.05, 0) is 28.3 Å². The van der Waals surface area contributed by atoms with E-state index in [4.69, 9.17) is 0 Å². The molecule has 0 heterocycles. The van der Waals surface area contributed by atoms with Gasteiger partial charge in [0.05, 0.1) is 0 Å². The van der Waals surface area contributed by atoms with Gasteiger partial charge in [0, 0.05) is 0 Å². The van der Waals surface area contributed by atoms with Crippen LogP contribution in [0.15, 0.2) is 42.5 Å². The van der Waals surface area contributed by atoms with E-state index in [2.05, 4.69) is 69.2 Å². The predicted molar refractivity (Wildman–Crippen MR) is 68.3 cm³/mol. The minimum Gasteiger partial charge on any atom is -0.174 e. The van der Waals surface area contributed by atoms with Crippen LogP contribution in [0.25, 0.3) is 16.8 Å². The molecule has 2 aromatic carbocycles. The number of allylic oxidation sites excluding steroid dienone is 1. The summed E-state index contributed by atoms with van der Waals surface area (Å²) in [6.07, 6.45) is 5.53. The summed E-state index contributed by atoms with van der Waals surface area (Å²) in [4.78, 5) is 0. The molecule has 2 aromatic rings. The van der Waals surface area contributed by atoms with Crippen LogP contribution >= 0.6 is 11.1 Å². The van der Waals surface area contributed by atoms with Gasteiger partial charge in [-0.25, -0.2) is 0 Å². The largest absolute Gasteiger partial charge is 0.174 e. The Morgan fingerprint density at radius 3 is 2.53 bits per heavy atom. The second-order valence-corrected chi connectivity index (χ2v) is 3.47. The van der Waals surface area contributed by atoms with E-state index in [-0.39, 0.29) is 0 Å². The first-order valence-corrected chi connectivity index (χ1v) is 6.32. The fourth-order valence-electron chi connectivity index (χ4n) is 2.07. The van der Waals surface area contributed by atoms with Crippen molar-refractivity contribution >= 4 is 37.5 Å². The number of benzene rings is 2. The first kappa shape index (κ1) is 10.5. The normalized spacial score (nSPS) is 12.1. The fraction of sp³-hybridized carbons (Fsp3) is 0.0769.